The molecule has 0 unspecified atom stereocenters. The van der Waals surface area contributed by atoms with Crippen LogP contribution in [0.5, 0.6) is 0 Å². The molecule has 0 saturated carbocycles. The summed E-state index contributed by atoms with van der Waals surface area (Å²) in [6.45, 7) is 11.6. The first-order valence-electron chi connectivity index (χ1n) is 14.9. The van der Waals surface area contributed by atoms with Gasteiger partial charge in [-0.25, -0.2) is 14.4 Å². The lowest BCUT2D eigenvalue weighted by atomic mass is 10.0. The van der Waals surface area contributed by atoms with Gasteiger partial charge in [-0.05, 0) is 100 Å². The maximum absolute atomic E-state index is 13.5. The fourth-order valence-electron chi connectivity index (χ4n) is 4.79. The van der Waals surface area contributed by atoms with Gasteiger partial charge in [0.2, 0.25) is 0 Å². The van der Waals surface area contributed by atoms with E-state index in [1.54, 1.807) is 89.0 Å². The molecule has 0 radical (unpaired) electrons. The van der Waals surface area contributed by atoms with Crippen molar-refractivity contribution >= 4 is 46.5 Å². The summed E-state index contributed by atoms with van der Waals surface area (Å²) < 4.78 is 19.0. The molecule has 1 aliphatic rings. The van der Waals surface area contributed by atoms with Gasteiger partial charge in [0, 0.05) is 18.3 Å². The number of nitrogens with one attached hydrogen (secondary N) is 2. The van der Waals surface area contributed by atoms with Crippen LogP contribution in [0.4, 0.5) is 15.4 Å². The number of nitrogens with zero attached hydrogens (tertiary/aromatic N) is 3. The third-order valence-corrected chi connectivity index (χ3v) is 7.56. The maximum Gasteiger partial charge on any atom is 0.411 e. The Morgan fingerprint density at radius 3 is 2.24 bits per heavy atom. The lowest BCUT2D eigenvalue weighted by Gasteiger charge is -2.42. The summed E-state index contributed by atoms with van der Waals surface area (Å²) in [6, 6.07) is 15.0. The zero-order valence-electron chi connectivity index (χ0n) is 26.8. The summed E-state index contributed by atoms with van der Waals surface area (Å²) in [7, 11) is 0. The number of anilines is 1. The number of carbonyl (C=O) groups is 3. The Kier molecular flexibility index (Phi) is 11.1. The number of hydrogen-bond donors (Lipinski definition) is 2. The van der Waals surface area contributed by atoms with Crippen LogP contribution in [-0.2, 0) is 14.2 Å². The van der Waals surface area contributed by atoms with E-state index in [-0.39, 0.29) is 37.5 Å². The van der Waals surface area contributed by atoms with Gasteiger partial charge in [-0.2, -0.15) is 4.98 Å². The highest BCUT2D eigenvalue weighted by atomic mass is 127. The first-order valence-corrected chi connectivity index (χ1v) is 16.0. The predicted molar refractivity (Wildman–Crippen MR) is 181 cm³/mol. The van der Waals surface area contributed by atoms with Crippen molar-refractivity contribution in [1.82, 2.24) is 19.8 Å². The van der Waals surface area contributed by atoms with Gasteiger partial charge in [-0.3, -0.25) is 14.3 Å². The molecule has 3 aromatic rings. The van der Waals surface area contributed by atoms with Crippen LogP contribution in [0.15, 0.2) is 65.6 Å². The zero-order valence-corrected chi connectivity index (χ0v) is 29.0. The number of hydrogen-bond acceptors (Lipinski definition) is 8. The molecule has 3 amide bonds. The number of ether oxygens (including phenoxy) is 3. The highest BCUT2D eigenvalue weighted by Crippen LogP contribution is 2.31. The minimum atomic E-state index is -0.721. The van der Waals surface area contributed by atoms with E-state index in [4.69, 9.17) is 14.2 Å². The molecule has 13 heteroatoms. The number of rotatable bonds is 7. The summed E-state index contributed by atoms with van der Waals surface area (Å²) in [5, 5.41) is 5.45. The first kappa shape index (κ1) is 34.9. The second-order valence-corrected chi connectivity index (χ2v) is 14.0. The van der Waals surface area contributed by atoms with E-state index in [1.807, 2.05) is 40.8 Å². The van der Waals surface area contributed by atoms with E-state index < -0.39 is 35.1 Å². The largest absolute Gasteiger partial charge is 0.444 e. The average Bonchev–Trinajstić information content (AvgIpc) is 2.97. The van der Waals surface area contributed by atoms with Crippen molar-refractivity contribution in [1.29, 1.82) is 0 Å². The van der Waals surface area contributed by atoms with Gasteiger partial charge < -0.3 is 24.8 Å². The third-order valence-electron chi connectivity index (χ3n) is 6.77. The number of amides is 3. The Labute approximate surface area is 282 Å². The molecule has 246 valence electrons. The van der Waals surface area contributed by atoms with E-state index in [0.717, 1.165) is 5.56 Å². The van der Waals surface area contributed by atoms with Gasteiger partial charge in [-0.15, -0.1) is 0 Å². The van der Waals surface area contributed by atoms with Crippen LogP contribution in [-0.4, -0.2) is 69.5 Å². The maximum atomic E-state index is 13.5. The Hall–Kier alpha value is -3.98. The summed E-state index contributed by atoms with van der Waals surface area (Å²) >= 11 is 2.02. The van der Waals surface area contributed by atoms with E-state index in [2.05, 4.69) is 15.6 Å². The molecule has 2 N–H and O–H groups in total. The van der Waals surface area contributed by atoms with Crippen LogP contribution in [0.3, 0.4) is 0 Å². The number of halogens is 1. The molecule has 1 aromatic heterocycles. The fraction of sp³-hybridized carbons (Fsp3) is 0.424. The Balaban J connectivity index is 1.53. The van der Waals surface area contributed by atoms with Gasteiger partial charge >= 0.3 is 17.9 Å². The smallest absolute Gasteiger partial charge is 0.411 e. The number of carbonyl (C=O) groups excluding carboxylic acids is 3. The van der Waals surface area contributed by atoms with Crippen molar-refractivity contribution in [2.24, 2.45) is 0 Å². The monoisotopic (exact) mass is 745 g/mol. The zero-order chi connectivity index (χ0) is 33.6. The molecule has 12 nitrogen and oxygen atoms in total. The fourth-order valence-corrected chi connectivity index (χ4v) is 5.32. The normalized spacial score (nSPS) is 16.8. The Morgan fingerprint density at radius 1 is 0.957 bits per heavy atom. The second kappa shape index (κ2) is 14.6. The standard InChI is InChI=1S/C33H40IN5O7/c1-32(2,3)45-30(42)35-17-16-24-19-44-20-26(39(24)31(43)46-33(4,5)6)21-12-14-23(15-13-21)38-18-25(34)27(37-29(38)41)36-28(40)22-10-8-7-9-11-22/h7-15,18,24,26H,16-17,19-20H2,1-6H3,(H,35,42)(H,36,37,40,41)/t24-,26+/m1/s1. The molecular formula is C33H40IN5O7. The number of benzene rings is 2. The van der Waals surface area contributed by atoms with Crippen molar-refractivity contribution in [3.63, 3.8) is 0 Å². The molecule has 0 bridgehead atoms. The first-order chi connectivity index (χ1) is 21.6. The van der Waals surface area contributed by atoms with Crippen molar-refractivity contribution in [2.45, 2.75) is 71.2 Å². The quantitative estimate of drug-likeness (QED) is 0.295. The lowest BCUT2D eigenvalue weighted by molar-refractivity contribution is -0.0635. The van der Waals surface area contributed by atoms with Crippen molar-refractivity contribution < 1.29 is 28.6 Å². The van der Waals surface area contributed by atoms with Crippen molar-refractivity contribution in [2.75, 3.05) is 25.1 Å². The molecule has 2 aromatic carbocycles. The minimum absolute atomic E-state index is 0.173. The van der Waals surface area contributed by atoms with E-state index in [1.165, 1.54) is 4.57 Å². The van der Waals surface area contributed by atoms with Crippen LogP contribution in [0.1, 0.15) is 69.9 Å². The summed E-state index contributed by atoms with van der Waals surface area (Å²) in [4.78, 5) is 57.1. The van der Waals surface area contributed by atoms with Crippen molar-refractivity contribution in [3.05, 3.63) is 86.0 Å². The van der Waals surface area contributed by atoms with Crippen LogP contribution in [0.2, 0.25) is 0 Å². The van der Waals surface area contributed by atoms with Gasteiger partial charge in [0.1, 0.15) is 11.2 Å². The second-order valence-electron chi connectivity index (χ2n) is 12.8. The molecule has 0 spiro atoms. The molecule has 0 aliphatic carbocycles. The van der Waals surface area contributed by atoms with Gasteiger partial charge in [0.05, 0.1) is 34.6 Å². The summed E-state index contributed by atoms with van der Waals surface area (Å²) in [6.07, 6.45) is 0.997. The molecule has 1 aliphatic heterocycles. The highest BCUT2D eigenvalue weighted by Gasteiger charge is 2.38. The van der Waals surface area contributed by atoms with E-state index in [0.29, 0.717) is 21.2 Å². The lowest BCUT2D eigenvalue weighted by Crippen LogP contribution is -2.53. The highest BCUT2D eigenvalue weighted by molar-refractivity contribution is 14.1. The molecule has 1 saturated heterocycles. The molecule has 46 heavy (non-hydrogen) atoms. The number of aromatic nitrogens is 2. The molecular weight excluding hydrogens is 705 g/mol. The predicted octanol–water partition coefficient (Wildman–Crippen LogP) is 5.68. The van der Waals surface area contributed by atoms with Crippen LogP contribution in [0, 0.1) is 3.57 Å². The van der Waals surface area contributed by atoms with E-state index in [9.17, 15) is 19.2 Å². The topological polar surface area (TPSA) is 141 Å². The third kappa shape index (κ3) is 9.52. The Morgan fingerprint density at radius 2 is 1.61 bits per heavy atom. The summed E-state index contributed by atoms with van der Waals surface area (Å²) in [5.41, 5.74) is -0.127. The number of morpholine rings is 1. The average molecular weight is 746 g/mol. The molecule has 4 rings (SSSR count). The molecule has 2 atom stereocenters. The SMILES string of the molecule is CC(C)(C)OC(=O)NCC[C@@H]1COC[C@@H](c2ccc(-n3cc(I)c(NC(=O)c4ccccc4)nc3=O)cc2)N1C(=O)OC(C)(C)C. The van der Waals surface area contributed by atoms with Crippen LogP contribution < -0.4 is 16.3 Å². The van der Waals surface area contributed by atoms with Gasteiger partial charge in [0.15, 0.2) is 5.82 Å². The van der Waals surface area contributed by atoms with Crippen LogP contribution in [0.25, 0.3) is 5.69 Å². The summed E-state index contributed by atoms with van der Waals surface area (Å²) in [5.74, 6) is -0.192. The van der Waals surface area contributed by atoms with Gasteiger partial charge in [0.25, 0.3) is 5.91 Å². The molecule has 1 fully saturated rings. The van der Waals surface area contributed by atoms with E-state index >= 15 is 0 Å². The molecule has 2 heterocycles. The number of alkyl carbamates (subject to hydrolysis) is 1. The van der Waals surface area contributed by atoms with Crippen LogP contribution >= 0.6 is 22.6 Å². The van der Waals surface area contributed by atoms with Crippen molar-refractivity contribution in [3.8, 4) is 5.69 Å². The minimum Gasteiger partial charge on any atom is -0.444 e. The van der Waals surface area contributed by atoms with Gasteiger partial charge in [-0.1, -0.05) is 30.3 Å². The Bertz CT molecular complexity index is 1600.